The van der Waals surface area contributed by atoms with E-state index in [0.717, 1.165) is 10.2 Å². The summed E-state index contributed by atoms with van der Waals surface area (Å²) in [6, 6.07) is 7.92. The van der Waals surface area contributed by atoms with Crippen molar-refractivity contribution in [3.05, 3.63) is 24.3 Å². The fraction of sp³-hybridized carbons (Fsp3) is 0. The number of benzene rings is 1. The van der Waals surface area contributed by atoms with Gasteiger partial charge in [0.15, 0.2) is 5.13 Å². The summed E-state index contributed by atoms with van der Waals surface area (Å²) in [7, 11) is 0. The monoisotopic (exact) mass is 167 g/mol. The Balaban J connectivity index is 0.000000605. The van der Waals surface area contributed by atoms with Crippen molar-refractivity contribution in [3.63, 3.8) is 0 Å². The van der Waals surface area contributed by atoms with E-state index in [1.54, 1.807) is 0 Å². The Morgan fingerprint density at radius 1 is 1.27 bits per heavy atom. The van der Waals surface area contributed by atoms with Crippen molar-refractivity contribution in [2.75, 3.05) is 5.73 Å². The Labute approximate surface area is 68.4 Å². The lowest BCUT2D eigenvalue weighted by atomic mass is 10.3. The molecule has 0 radical (unpaired) electrons. The van der Waals surface area contributed by atoms with Gasteiger partial charge in [0.25, 0.3) is 0 Å². The molecule has 1 aromatic heterocycles. The van der Waals surface area contributed by atoms with Gasteiger partial charge in [-0.2, -0.15) is 0 Å². The summed E-state index contributed by atoms with van der Waals surface area (Å²) in [5.74, 6) is 0. The Morgan fingerprint density at radius 2 is 2.00 bits per heavy atom. The normalized spacial score (nSPS) is 9.45. The SMILES string of the molecule is N.Nc1nc2ccccc2s1. The number of fused-ring (bicyclic) bond motifs is 1. The van der Waals surface area contributed by atoms with E-state index >= 15 is 0 Å². The first kappa shape index (κ1) is 7.97. The fourth-order valence-corrected chi connectivity index (χ4v) is 1.62. The molecule has 0 saturated heterocycles. The fourth-order valence-electron chi connectivity index (χ4n) is 0.890. The Hall–Kier alpha value is -1.13. The lowest BCUT2D eigenvalue weighted by Crippen LogP contribution is -1.78. The van der Waals surface area contributed by atoms with Gasteiger partial charge in [-0.15, -0.1) is 0 Å². The standard InChI is InChI=1S/C7H6N2S.H3N/c8-7-9-5-3-1-2-4-6(5)10-7;/h1-4H,(H2,8,9);1H3. The van der Waals surface area contributed by atoms with Crippen molar-refractivity contribution in [1.29, 1.82) is 0 Å². The number of hydrogen-bond acceptors (Lipinski definition) is 4. The van der Waals surface area contributed by atoms with Crippen molar-refractivity contribution in [3.8, 4) is 0 Å². The number of anilines is 1. The maximum absolute atomic E-state index is 5.50. The number of hydrogen-bond donors (Lipinski definition) is 2. The van der Waals surface area contributed by atoms with Crippen molar-refractivity contribution in [1.82, 2.24) is 11.1 Å². The van der Waals surface area contributed by atoms with Crippen LogP contribution in [0.5, 0.6) is 0 Å². The van der Waals surface area contributed by atoms with E-state index in [4.69, 9.17) is 5.73 Å². The summed E-state index contributed by atoms with van der Waals surface area (Å²) in [5.41, 5.74) is 6.49. The van der Waals surface area contributed by atoms with Gasteiger partial charge in [-0.05, 0) is 12.1 Å². The van der Waals surface area contributed by atoms with E-state index in [2.05, 4.69) is 4.98 Å². The van der Waals surface area contributed by atoms with E-state index < -0.39 is 0 Å². The molecule has 3 nitrogen and oxygen atoms in total. The van der Waals surface area contributed by atoms with E-state index in [-0.39, 0.29) is 6.15 Å². The van der Waals surface area contributed by atoms with Crippen LogP contribution in [0.3, 0.4) is 0 Å². The maximum atomic E-state index is 5.50. The summed E-state index contributed by atoms with van der Waals surface area (Å²) in [6.07, 6.45) is 0. The summed E-state index contributed by atoms with van der Waals surface area (Å²) in [6.45, 7) is 0. The second-order valence-electron chi connectivity index (χ2n) is 2.02. The van der Waals surface area contributed by atoms with Crippen LogP contribution in [0.1, 0.15) is 0 Å². The van der Waals surface area contributed by atoms with Gasteiger partial charge < -0.3 is 11.9 Å². The molecular formula is C7H9N3S. The minimum atomic E-state index is 0. The summed E-state index contributed by atoms with van der Waals surface area (Å²) in [5, 5.41) is 0.640. The molecule has 4 heteroatoms. The number of rotatable bonds is 0. The Kier molecular flexibility index (Phi) is 2.07. The molecule has 11 heavy (non-hydrogen) atoms. The molecular weight excluding hydrogens is 158 g/mol. The predicted molar refractivity (Wildman–Crippen MR) is 49.1 cm³/mol. The molecule has 0 aliphatic heterocycles. The highest BCUT2D eigenvalue weighted by Gasteiger charge is 1.96. The van der Waals surface area contributed by atoms with Crippen LogP contribution >= 0.6 is 11.3 Å². The van der Waals surface area contributed by atoms with E-state index in [1.165, 1.54) is 11.3 Å². The molecule has 2 aromatic rings. The van der Waals surface area contributed by atoms with Crippen LogP contribution in [0.25, 0.3) is 10.2 Å². The molecule has 0 fully saturated rings. The summed E-state index contributed by atoms with van der Waals surface area (Å²) >= 11 is 1.52. The first-order chi connectivity index (χ1) is 4.86. The minimum absolute atomic E-state index is 0. The highest BCUT2D eigenvalue weighted by molar-refractivity contribution is 7.22. The average Bonchev–Trinajstić information content (AvgIpc) is 2.27. The molecule has 2 rings (SSSR count). The second kappa shape index (κ2) is 2.86. The highest BCUT2D eigenvalue weighted by Crippen LogP contribution is 2.22. The molecule has 0 amide bonds. The van der Waals surface area contributed by atoms with Gasteiger partial charge in [0.1, 0.15) is 0 Å². The van der Waals surface area contributed by atoms with E-state index in [0.29, 0.717) is 5.13 Å². The molecule has 0 unspecified atom stereocenters. The molecule has 0 spiro atoms. The molecule has 0 aliphatic carbocycles. The third-order valence-corrected chi connectivity index (χ3v) is 2.18. The van der Waals surface area contributed by atoms with Crippen LogP contribution in [0.4, 0.5) is 5.13 Å². The van der Waals surface area contributed by atoms with Crippen LogP contribution in [-0.2, 0) is 0 Å². The zero-order valence-electron chi connectivity index (χ0n) is 5.95. The average molecular weight is 167 g/mol. The number of nitrogen functional groups attached to an aromatic ring is 1. The molecule has 1 heterocycles. The van der Waals surface area contributed by atoms with Crippen LogP contribution < -0.4 is 11.9 Å². The van der Waals surface area contributed by atoms with Gasteiger partial charge in [-0.3, -0.25) is 0 Å². The maximum Gasteiger partial charge on any atom is 0.181 e. The van der Waals surface area contributed by atoms with Crippen molar-refractivity contribution in [2.45, 2.75) is 0 Å². The van der Waals surface area contributed by atoms with Gasteiger partial charge in [0.05, 0.1) is 10.2 Å². The third kappa shape index (κ3) is 1.31. The molecule has 58 valence electrons. The first-order valence-electron chi connectivity index (χ1n) is 2.97. The number of nitrogens with zero attached hydrogens (tertiary/aromatic N) is 1. The predicted octanol–water partition coefficient (Wildman–Crippen LogP) is 2.04. The van der Waals surface area contributed by atoms with Crippen molar-refractivity contribution < 1.29 is 0 Å². The van der Waals surface area contributed by atoms with Gasteiger partial charge in [0.2, 0.25) is 0 Å². The van der Waals surface area contributed by atoms with Crippen LogP contribution in [-0.4, -0.2) is 4.98 Å². The van der Waals surface area contributed by atoms with Gasteiger partial charge in [0, 0.05) is 0 Å². The van der Waals surface area contributed by atoms with Crippen LogP contribution in [0.15, 0.2) is 24.3 Å². The lowest BCUT2D eigenvalue weighted by Gasteiger charge is -1.80. The van der Waals surface area contributed by atoms with Gasteiger partial charge in [-0.25, -0.2) is 4.98 Å². The number of thiazole rings is 1. The zero-order valence-corrected chi connectivity index (χ0v) is 6.77. The summed E-state index contributed by atoms with van der Waals surface area (Å²) in [4.78, 5) is 4.11. The van der Waals surface area contributed by atoms with E-state index in [9.17, 15) is 0 Å². The molecule has 0 atom stereocenters. The Morgan fingerprint density at radius 3 is 2.73 bits per heavy atom. The molecule has 0 aliphatic rings. The van der Waals surface area contributed by atoms with Gasteiger partial charge in [-0.1, -0.05) is 23.5 Å². The lowest BCUT2D eigenvalue weighted by molar-refractivity contribution is 1.50. The number of aromatic nitrogens is 1. The minimum Gasteiger partial charge on any atom is -0.375 e. The quantitative estimate of drug-likeness (QED) is 0.630. The van der Waals surface area contributed by atoms with Crippen molar-refractivity contribution >= 4 is 26.7 Å². The largest absolute Gasteiger partial charge is 0.375 e. The second-order valence-corrected chi connectivity index (χ2v) is 3.08. The summed E-state index contributed by atoms with van der Waals surface area (Å²) < 4.78 is 1.15. The van der Waals surface area contributed by atoms with Crippen LogP contribution in [0, 0.1) is 0 Å². The zero-order chi connectivity index (χ0) is 6.97. The van der Waals surface area contributed by atoms with E-state index in [1.807, 2.05) is 24.3 Å². The number of nitrogens with two attached hydrogens (primary N) is 1. The smallest absolute Gasteiger partial charge is 0.181 e. The first-order valence-corrected chi connectivity index (χ1v) is 3.79. The molecule has 0 saturated carbocycles. The van der Waals surface area contributed by atoms with Crippen molar-refractivity contribution in [2.24, 2.45) is 0 Å². The molecule has 1 aromatic carbocycles. The molecule has 0 bridgehead atoms. The topological polar surface area (TPSA) is 73.9 Å². The van der Waals surface area contributed by atoms with Gasteiger partial charge >= 0.3 is 0 Å². The molecule has 5 N–H and O–H groups in total. The number of para-hydroxylation sites is 1. The van der Waals surface area contributed by atoms with Crippen LogP contribution in [0.2, 0.25) is 0 Å². The Bertz CT molecular complexity index is 322. The highest BCUT2D eigenvalue weighted by atomic mass is 32.1. The third-order valence-electron chi connectivity index (χ3n) is 1.31.